The summed E-state index contributed by atoms with van der Waals surface area (Å²) in [5.74, 6) is -0.0408. The first-order valence-electron chi connectivity index (χ1n) is 10.2. The zero-order valence-corrected chi connectivity index (χ0v) is 18.9. The van der Waals surface area contributed by atoms with Crippen LogP contribution in [0.4, 0.5) is 5.69 Å². The van der Waals surface area contributed by atoms with Crippen LogP contribution in [0.1, 0.15) is 16.7 Å². The molecule has 0 atom stereocenters. The van der Waals surface area contributed by atoms with E-state index in [1.54, 1.807) is 49.6 Å². The van der Waals surface area contributed by atoms with E-state index >= 15 is 0 Å². The average molecular weight is 447 g/mol. The molecule has 0 N–H and O–H groups in total. The Labute approximate surface area is 192 Å². The van der Waals surface area contributed by atoms with Gasteiger partial charge in [-0.2, -0.15) is 0 Å². The van der Waals surface area contributed by atoms with Gasteiger partial charge in [0.1, 0.15) is 11.4 Å². The van der Waals surface area contributed by atoms with Gasteiger partial charge in [-0.15, -0.1) is 0 Å². The van der Waals surface area contributed by atoms with Crippen molar-refractivity contribution in [3.05, 3.63) is 100 Å². The van der Waals surface area contributed by atoms with Gasteiger partial charge >= 0.3 is 0 Å². The van der Waals surface area contributed by atoms with Crippen LogP contribution in [-0.2, 0) is 16.1 Å². The van der Waals surface area contributed by atoms with Crippen LogP contribution >= 0.6 is 11.6 Å². The summed E-state index contributed by atoms with van der Waals surface area (Å²) in [6.07, 6.45) is 0. The summed E-state index contributed by atoms with van der Waals surface area (Å²) in [5.41, 5.74) is 3.70. The van der Waals surface area contributed by atoms with Gasteiger partial charge in [-0.25, -0.2) is 4.90 Å². The van der Waals surface area contributed by atoms with Crippen molar-refractivity contribution in [3.8, 4) is 5.75 Å². The summed E-state index contributed by atoms with van der Waals surface area (Å²) in [6, 6.07) is 22.1. The zero-order valence-electron chi connectivity index (χ0n) is 18.1. The molecule has 0 aliphatic carbocycles. The second kappa shape index (κ2) is 8.89. The zero-order chi connectivity index (χ0) is 22.8. The maximum Gasteiger partial charge on any atom is 0.282 e. The van der Waals surface area contributed by atoms with Gasteiger partial charge in [-0.1, -0.05) is 54.1 Å². The highest BCUT2D eigenvalue weighted by molar-refractivity contribution is 6.45. The summed E-state index contributed by atoms with van der Waals surface area (Å²) < 4.78 is 5.25. The Kier molecular flexibility index (Phi) is 6.01. The number of nitrogens with zero attached hydrogens (tertiary/aromatic N) is 2. The molecule has 1 aliphatic heterocycles. The molecule has 1 aliphatic rings. The molecule has 32 heavy (non-hydrogen) atoms. The summed E-state index contributed by atoms with van der Waals surface area (Å²) in [5, 5.41) is 0.551. The largest absolute Gasteiger partial charge is 0.497 e. The number of halogens is 1. The van der Waals surface area contributed by atoms with Crippen LogP contribution in [0, 0.1) is 6.92 Å². The van der Waals surface area contributed by atoms with Crippen molar-refractivity contribution in [2.75, 3.05) is 19.1 Å². The second-order valence-electron chi connectivity index (χ2n) is 7.67. The lowest BCUT2D eigenvalue weighted by molar-refractivity contribution is -0.120. The monoisotopic (exact) mass is 446 g/mol. The topological polar surface area (TPSA) is 49.9 Å². The molecule has 3 aromatic carbocycles. The van der Waals surface area contributed by atoms with Gasteiger partial charge in [-0.3, -0.25) is 9.59 Å². The number of hydrogen-bond acceptors (Lipinski definition) is 4. The fraction of sp³-hybridized carbons (Fsp3) is 0.154. The predicted molar refractivity (Wildman–Crippen MR) is 127 cm³/mol. The maximum atomic E-state index is 13.6. The van der Waals surface area contributed by atoms with E-state index in [0.717, 1.165) is 11.1 Å². The Hall–Kier alpha value is -3.57. The molecule has 0 saturated carbocycles. The van der Waals surface area contributed by atoms with Gasteiger partial charge in [0.05, 0.1) is 18.4 Å². The third-order valence-electron chi connectivity index (χ3n) is 5.48. The van der Waals surface area contributed by atoms with Crippen LogP contribution in [-0.4, -0.2) is 30.9 Å². The van der Waals surface area contributed by atoms with Gasteiger partial charge in [-0.05, 0) is 53.9 Å². The van der Waals surface area contributed by atoms with E-state index in [0.29, 0.717) is 39.8 Å². The minimum atomic E-state index is -0.361. The number of likely N-dealkylation sites (N-methyl/N-ethyl adjacent to an activating group) is 1. The van der Waals surface area contributed by atoms with E-state index in [9.17, 15) is 9.59 Å². The molecule has 2 amide bonds. The number of rotatable bonds is 6. The molecule has 1 heterocycles. The van der Waals surface area contributed by atoms with Gasteiger partial charge in [0.2, 0.25) is 0 Å². The Morgan fingerprint density at radius 2 is 1.62 bits per heavy atom. The summed E-state index contributed by atoms with van der Waals surface area (Å²) >= 11 is 6.10. The standard InChI is InChI=1S/C26H23ClN2O3/c1-17-15-20(27)11-14-22(17)29-25(30)23(19-9-12-21(32-3)13-10-19)24(26(29)31)28(2)16-18-7-5-4-6-8-18/h4-15H,16H2,1-3H3. The molecule has 0 radical (unpaired) electrons. The van der Waals surface area contributed by atoms with E-state index < -0.39 is 0 Å². The van der Waals surface area contributed by atoms with E-state index in [1.807, 2.05) is 49.2 Å². The van der Waals surface area contributed by atoms with Crippen molar-refractivity contribution in [3.63, 3.8) is 0 Å². The molecular formula is C26H23ClN2O3. The molecule has 0 unspecified atom stereocenters. The Bertz CT molecular complexity index is 1200. The highest BCUT2D eigenvalue weighted by Crippen LogP contribution is 2.37. The SMILES string of the molecule is COc1ccc(C2=C(N(C)Cc3ccccc3)C(=O)N(c3ccc(Cl)cc3C)C2=O)cc1. The number of methoxy groups -OCH3 is 1. The lowest BCUT2D eigenvalue weighted by Crippen LogP contribution is -2.34. The van der Waals surface area contributed by atoms with E-state index in [-0.39, 0.29) is 11.8 Å². The molecule has 3 aromatic rings. The molecule has 0 saturated heterocycles. The van der Waals surface area contributed by atoms with Crippen LogP contribution in [0.3, 0.4) is 0 Å². The molecule has 0 spiro atoms. The number of anilines is 1. The van der Waals surface area contributed by atoms with Crippen molar-refractivity contribution >= 4 is 34.7 Å². The normalized spacial score (nSPS) is 13.7. The van der Waals surface area contributed by atoms with Crippen LogP contribution < -0.4 is 9.64 Å². The first-order chi connectivity index (χ1) is 15.4. The van der Waals surface area contributed by atoms with E-state index in [2.05, 4.69) is 0 Å². The molecule has 0 aromatic heterocycles. The van der Waals surface area contributed by atoms with Gasteiger partial charge < -0.3 is 9.64 Å². The Morgan fingerprint density at radius 3 is 2.25 bits per heavy atom. The van der Waals surface area contributed by atoms with E-state index in [4.69, 9.17) is 16.3 Å². The third-order valence-corrected chi connectivity index (χ3v) is 5.72. The third kappa shape index (κ3) is 3.99. The number of hydrogen-bond donors (Lipinski definition) is 0. The Balaban J connectivity index is 1.81. The van der Waals surface area contributed by atoms with Gasteiger partial charge in [0.15, 0.2) is 0 Å². The summed E-state index contributed by atoms with van der Waals surface area (Å²) in [4.78, 5) is 30.3. The molecule has 5 nitrogen and oxygen atoms in total. The van der Waals surface area contributed by atoms with Crippen LogP contribution in [0.5, 0.6) is 5.75 Å². The molecule has 0 fully saturated rings. The van der Waals surface area contributed by atoms with Gasteiger partial charge in [0, 0.05) is 18.6 Å². The fourth-order valence-electron chi connectivity index (χ4n) is 3.92. The average Bonchev–Trinajstić information content (AvgIpc) is 3.05. The molecule has 162 valence electrons. The highest BCUT2D eigenvalue weighted by atomic mass is 35.5. The fourth-order valence-corrected chi connectivity index (χ4v) is 4.14. The summed E-state index contributed by atoms with van der Waals surface area (Å²) in [6.45, 7) is 2.32. The van der Waals surface area contributed by atoms with Crippen molar-refractivity contribution < 1.29 is 14.3 Å². The molecule has 4 rings (SSSR count). The number of ether oxygens (including phenoxy) is 1. The van der Waals surface area contributed by atoms with Gasteiger partial charge in [0.25, 0.3) is 11.8 Å². The van der Waals surface area contributed by atoms with E-state index in [1.165, 1.54) is 4.90 Å². The molecular weight excluding hydrogens is 424 g/mol. The molecule has 0 bridgehead atoms. The minimum absolute atomic E-state index is 0.357. The highest BCUT2D eigenvalue weighted by Gasteiger charge is 2.42. The Morgan fingerprint density at radius 1 is 0.938 bits per heavy atom. The molecule has 6 heteroatoms. The van der Waals surface area contributed by atoms with Crippen LogP contribution in [0.15, 0.2) is 78.5 Å². The first-order valence-corrected chi connectivity index (χ1v) is 10.6. The number of benzene rings is 3. The number of carbonyl (C=O) groups is 2. The lowest BCUT2D eigenvalue weighted by atomic mass is 10.0. The van der Waals surface area contributed by atoms with Crippen molar-refractivity contribution in [2.45, 2.75) is 13.5 Å². The minimum Gasteiger partial charge on any atom is -0.497 e. The van der Waals surface area contributed by atoms with Crippen molar-refractivity contribution in [1.29, 1.82) is 0 Å². The number of amides is 2. The van der Waals surface area contributed by atoms with Crippen molar-refractivity contribution in [2.24, 2.45) is 0 Å². The predicted octanol–water partition coefficient (Wildman–Crippen LogP) is 5.07. The number of imide groups is 1. The number of carbonyl (C=O) groups excluding carboxylic acids is 2. The maximum absolute atomic E-state index is 13.6. The number of aryl methyl sites for hydroxylation is 1. The summed E-state index contributed by atoms with van der Waals surface area (Å²) in [7, 11) is 3.41. The smallest absolute Gasteiger partial charge is 0.282 e. The second-order valence-corrected chi connectivity index (χ2v) is 8.11. The van der Waals surface area contributed by atoms with Crippen molar-refractivity contribution in [1.82, 2.24) is 4.90 Å². The first kappa shape index (κ1) is 21.7. The van der Waals surface area contributed by atoms with Crippen LogP contribution in [0.2, 0.25) is 5.02 Å². The quantitative estimate of drug-likeness (QED) is 0.496. The lowest BCUT2D eigenvalue weighted by Gasteiger charge is -2.22. The van der Waals surface area contributed by atoms with Crippen LogP contribution in [0.25, 0.3) is 5.57 Å².